The standard InChI is InChI=1S/C11H15N3O2S/c12-10-8(14(3-5-15)4-6-16)1-2-9-11(10)13-7-17-9/h1-2,7,15-16H,3-6,12H2. The van der Waals surface area contributed by atoms with E-state index in [9.17, 15) is 0 Å². The zero-order valence-electron chi connectivity index (χ0n) is 9.33. The third-order valence-corrected chi connectivity index (χ3v) is 3.39. The maximum atomic E-state index is 9.01. The minimum Gasteiger partial charge on any atom is -0.395 e. The van der Waals surface area contributed by atoms with Crippen LogP contribution in [0.1, 0.15) is 0 Å². The fraction of sp³-hybridized carbons (Fsp3) is 0.364. The minimum absolute atomic E-state index is 0.0224. The van der Waals surface area contributed by atoms with Crippen LogP contribution < -0.4 is 10.6 Å². The summed E-state index contributed by atoms with van der Waals surface area (Å²) in [6.45, 7) is 0.934. The Morgan fingerprint density at radius 2 is 1.94 bits per heavy atom. The Hall–Kier alpha value is -1.37. The first-order chi connectivity index (χ1) is 8.27. The van der Waals surface area contributed by atoms with Gasteiger partial charge in [-0.15, -0.1) is 11.3 Å². The topological polar surface area (TPSA) is 82.6 Å². The summed E-state index contributed by atoms with van der Waals surface area (Å²) in [6, 6.07) is 3.86. The number of nitrogens with zero attached hydrogens (tertiary/aromatic N) is 2. The maximum absolute atomic E-state index is 9.01. The lowest BCUT2D eigenvalue weighted by Gasteiger charge is -2.24. The molecule has 5 nitrogen and oxygen atoms in total. The number of hydrogen-bond acceptors (Lipinski definition) is 6. The molecule has 0 aliphatic rings. The molecule has 0 unspecified atom stereocenters. The molecule has 0 saturated carbocycles. The van der Waals surface area contributed by atoms with Gasteiger partial charge in [-0.05, 0) is 12.1 Å². The van der Waals surface area contributed by atoms with E-state index < -0.39 is 0 Å². The van der Waals surface area contributed by atoms with E-state index >= 15 is 0 Å². The van der Waals surface area contributed by atoms with Crippen molar-refractivity contribution in [1.29, 1.82) is 0 Å². The molecule has 0 aliphatic carbocycles. The number of fused-ring (bicyclic) bond motifs is 1. The molecule has 0 fully saturated rings. The van der Waals surface area contributed by atoms with Crippen molar-refractivity contribution in [2.24, 2.45) is 0 Å². The van der Waals surface area contributed by atoms with Gasteiger partial charge in [0.2, 0.25) is 0 Å². The SMILES string of the molecule is Nc1c(N(CCO)CCO)ccc2scnc12. The number of aromatic nitrogens is 1. The Labute approximate surface area is 103 Å². The van der Waals surface area contributed by atoms with Crippen LogP contribution in [0.2, 0.25) is 0 Å². The minimum atomic E-state index is 0.0224. The number of benzene rings is 1. The summed E-state index contributed by atoms with van der Waals surface area (Å²) in [4.78, 5) is 6.08. The molecule has 0 atom stereocenters. The molecular weight excluding hydrogens is 238 g/mol. The third kappa shape index (κ3) is 2.33. The summed E-state index contributed by atoms with van der Waals surface area (Å²) in [5, 5.41) is 18.0. The van der Waals surface area contributed by atoms with E-state index in [-0.39, 0.29) is 13.2 Å². The number of anilines is 2. The molecule has 1 heterocycles. The van der Waals surface area contributed by atoms with Gasteiger partial charge in [-0.3, -0.25) is 0 Å². The second kappa shape index (κ2) is 5.31. The van der Waals surface area contributed by atoms with Crippen molar-refractivity contribution in [2.45, 2.75) is 0 Å². The molecule has 2 rings (SSSR count). The monoisotopic (exact) mass is 253 g/mol. The lowest BCUT2D eigenvalue weighted by atomic mass is 10.2. The molecule has 4 N–H and O–H groups in total. The van der Waals surface area contributed by atoms with Crippen LogP contribution in [-0.4, -0.2) is 41.5 Å². The molecule has 1 aromatic carbocycles. The molecule has 2 aromatic rings. The highest BCUT2D eigenvalue weighted by Crippen LogP contribution is 2.32. The van der Waals surface area contributed by atoms with Crippen molar-refractivity contribution in [3.63, 3.8) is 0 Å². The van der Waals surface area contributed by atoms with Crippen LogP contribution in [0.4, 0.5) is 11.4 Å². The number of aliphatic hydroxyl groups excluding tert-OH is 2. The number of thiazole rings is 1. The second-order valence-electron chi connectivity index (χ2n) is 3.63. The summed E-state index contributed by atoms with van der Waals surface area (Å²) in [5.74, 6) is 0. The van der Waals surface area contributed by atoms with E-state index in [0.717, 1.165) is 15.9 Å². The molecule has 1 aromatic heterocycles. The largest absolute Gasteiger partial charge is 0.395 e. The number of hydrogen-bond donors (Lipinski definition) is 3. The van der Waals surface area contributed by atoms with E-state index in [0.29, 0.717) is 18.8 Å². The van der Waals surface area contributed by atoms with Gasteiger partial charge < -0.3 is 20.8 Å². The maximum Gasteiger partial charge on any atom is 0.106 e. The highest BCUT2D eigenvalue weighted by atomic mass is 32.1. The van der Waals surface area contributed by atoms with Crippen LogP contribution in [-0.2, 0) is 0 Å². The van der Waals surface area contributed by atoms with E-state index in [1.807, 2.05) is 17.0 Å². The van der Waals surface area contributed by atoms with Crippen molar-refractivity contribution >= 4 is 32.9 Å². The van der Waals surface area contributed by atoms with Crippen LogP contribution in [0, 0.1) is 0 Å². The number of nitrogen functional groups attached to an aromatic ring is 1. The first-order valence-corrected chi connectivity index (χ1v) is 6.24. The van der Waals surface area contributed by atoms with Crippen molar-refractivity contribution in [3.8, 4) is 0 Å². The Morgan fingerprint density at radius 1 is 1.24 bits per heavy atom. The van der Waals surface area contributed by atoms with Crippen molar-refractivity contribution in [2.75, 3.05) is 36.9 Å². The predicted molar refractivity (Wildman–Crippen MR) is 70.4 cm³/mol. The molecule has 0 aliphatic heterocycles. The molecule has 6 heteroatoms. The Morgan fingerprint density at radius 3 is 2.59 bits per heavy atom. The van der Waals surface area contributed by atoms with Gasteiger partial charge in [-0.25, -0.2) is 4.98 Å². The smallest absolute Gasteiger partial charge is 0.106 e. The van der Waals surface area contributed by atoms with Crippen molar-refractivity contribution in [3.05, 3.63) is 17.6 Å². The van der Waals surface area contributed by atoms with Gasteiger partial charge in [0.25, 0.3) is 0 Å². The van der Waals surface area contributed by atoms with Crippen LogP contribution >= 0.6 is 11.3 Å². The van der Waals surface area contributed by atoms with Crippen LogP contribution in [0.25, 0.3) is 10.2 Å². The molecule has 17 heavy (non-hydrogen) atoms. The van der Waals surface area contributed by atoms with E-state index in [2.05, 4.69) is 4.98 Å². The molecule has 92 valence electrons. The van der Waals surface area contributed by atoms with Crippen molar-refractivity contribution < 1.29 is 10.2 Å². The van der Waals surface area contributed by atoms with Gasteiger partial charge >= 0.3 is 0 Å². The van der Waals surface area contributed by atoms with E-state index in [4.69, 9.17) is 15.9 Å². The fourth-order valence-electron chi connectivity index (χ4n) is 1.81. The summed E-state index contributed by atoms with van der Waals surface area (Å²) in [6.07, 6.45) is 0. The Kier molecular flexibility index (Phi) is 3.78. The van der Waals surface area contributed by atoms with Gasteiger partial charge in [0, 0.05) is 13.1 Å². The molecular formula is C11H15N3O2S. The lowest BCUT2D eigenvalue weighted by Crippen LogP contribution is -2.30. The molecule has 0 spiro atoms. The summed E-state index contributed by atoms with van der Waals surface area (Å²) < 4.78 is 1.04. The Balaban J connectivity index is 2.41. The van der Waals surface area contributed by atoms with Gasteiger partial charge in [0.1, 0.15) is 5.52 Å². The summed E-state index contributed by atoms with van der Waals surface area (Å²) in [7, 11) is 0. The van der Waals surface area contributed by atoms with Crippen LogP contribution in [0.3, 0.4) is 0 Å². The van der Waals surface area contributed by atoms with Crippen LogP contribution in [0.5, 0.6) is 0 Å². The third-order valence-electron chi connectivity index (χ3n) is 2.60. The number of aliphatic hydroxyl groups is 2. The van der Waals surface area contributed by atoms with Gasteiger partial charge in [0.15, 0.2) is 0 Å². The molecule has 0 saturated heterocycles. The number of rotatable bonds is 5. The van der Waals surface area contributed by atoms with Crippen molar-refractivity contribution in [1.82, 2.24) is 4.98 Å². The summed E-state index contributed by atoms with van der Waals surface area (Å²) >= 11 is 1.54. The zero-order valence-corrected chi connectivity index (χ0v) is 10.2. The molecule has 0 amide bonds. The van der Waals surface area contributed by atoms with Gasteiger partial charge in [-0.1, -0.05) is 0 Å². The number of nitrogens with two attached hydrogens (primary N) is 1. The molecule has 0 radical (unpaired) electrons. The average Bonchev–Trinajstić information content (AvgIpc) is 2.78. The highest BCUT2D eigenvalue weighted by molar-refractivity contribution is 7.16. The average molecular weight is 253 g/mol. The van der Waals surface area contributed by atoms with Gasteiger partial charge in [-0.2, -0.15) is 0 Å². The van der Waals surface area contributed by atoms with E-state index in [1.54, 1.807) is 16.8 Å². The Bertz CT molecular complexity index is 494. The lowest BCUT2D eigenvalue weighted by molar-refractivity contribution is 0.281. The quantitative estimate of drug-likeness (QED) is 0.682. The summed E-state index contributed by atoms with van der Waals surface area (Å²) in [5.41, 5.74) is 10.0. The van der Waals surface area contributed by atoms with Crippen LogP contribution in [0.15, 0.2) is 17.6 Å². The van der Waals surface area contributed by atoms with Gasteiger partial charge in [0.05, 0.1) is 34.8 Å². The molecule has 0 bridgehead atoms. The zero-order chi connectivity index (χ0) is 12.3. The first-order valence-electron chi connectivity index (χ1n) is 5.36. The predicted octanol–water partition coefficient (Wildman–Crippen LogP) is 0.669. The first kappa shape index (κ1) is 12.1. The normalized spacial score (nSPS) is 10.9. The van der Waals surface area contributed by atoms with E-state index in [1.165, 1.54) is 0 Å². The second-order valence-corrected chi connectivity index (χ2v) is 4.52. The highest BCUT2D eigenvalue weighted by Gasteiger charge is 2.12. The fourth-order valence-corrected chi connectivity index (χ4v) is 2.50.